The van der Waals surface area contributed by atoms with E-state index in [1.54, 1.807) is 42.5 Å². The van der Waals surface area contributed by atoms with Crippen LogP contribution in [0.5, 0.6) is 0 Å². The van der Waals surface area contributed by atoms with Crippen LogP contribution in [-0.4, -0.2) is 18.4 Å². The van der Waals surface area contributed by atoms with Crippen molar-refractivity contribution in [3.63, 3.8) is 0 Å². The van der Waals surface area contributed by atoms with Gasteiger partial charge in [-0.05, 0) is 36.4 Å². The minimum absolute atomic E-state index is 0.0614. The third-order valence-corrected chi connectivity index (χ3v) is 3.90. The Labute approximate surface area is 148 Å². The molecule has 120 valence electrons. The molecule has 0 aliphatic heterocycles. The zero-order chi connectivity index (χ0) is 16.8. The van der Waals surface area contributed by atoms with Crippen LogP contribution in [0.3, 0.4) is 0 Å². The fourth-order valence-corrected chi connectivity index (χ4v) is 2.36. The first-order valence-electron chi connectivity index (χ1n) is 6.59. The zero-order valence-corrected chi connectivity index (χ0v) is 14.1. The van der Waals surface area contributed by atoms with Crippen molar-refractivity contribution in [3.05, 3.63) is 68.7 Å². The number of hydrogen-bond donors (Lipinski definition) is 1. The number of ether oxygens (including phenoxy) is 1. The predicted molar refractivity (Wildman–Crippen MR) is 90.0 cm³/mol. The number of hydrogen-bond acceptors (Lipinski definition) is 3. The van der Waals surface area contributed by atoms with Gasteiger partial charge in [0.05, 0.1) is 0 Å². The molecule has 0 aromatic heterocycles. The Hall–Kier alpha value is -1.75. The molecule has 1 N–H and O–H groups in total. The van der Waals surface area contributed by atoms with Crippen LogP contribution in [0.2, 0.25) is 15.1 Å². The molecule has 2 aromatic carbocycles. The Morgan fingerprint density at radius 3 is 2.17 bits per heavy atom. The lowest BCUT2D eigenvalue weighted by Crippen LogP contribution is -2.30. The fraction of sp³-hybridized carbons (Fsp3) is 0.125. The highest BCUT2D eigenvalue weighted by molar-refractivity contribution is 6.36. The van der Waals surface area contributed by atoms with E-state index in [-0.39, 0.29) is 13.2 Å². The number of amides is 1. The van der Waals surface area contributed by atoms with Gasteiger partial charge in [-0.3, -0.25) is 9.59 Å². The second kappa shape index (κ2) is 8.20. The van der Waals surface area contributed by atoms with Crippen molar-refractivity contribution in [1.29, 1.82) is 0 Å². The Bertz CT molecular complexity index is 697. The molecule has 0 heterocycles. The van der Waals surface area contributed by atoms with Crippen molar-refractivity contribution < 1.29 is 14.3 Å². The van der Waals surface area contributed by atoms with Crippen LogP contribution in [-0.2, 0) is 16.1 Å². The van der Waals surface area contributed by atoms with Gasteiger partial charge in [0.25, 0.3) is 5.91 Å². The average Bonchev–Trinajstić information content (AvgIpc) is 2.53. The molecule has 4 nitrogen and oxygen atoms in total. The largest absolute Gasteiger partial charge is 0.459 e. The van der Waals surface area contributed by atoms with Gasteiger partial charge in [-0.2, -0.15) is 0 Å². The molecule has 0 atom stereocenters. The van der Waals surface area contributed by atoms with E-state index < -0.39 is 11.9 Å². The molecule has 0 aliphatic carbocycles. The summed E-state index contributed by atoms with van der Waals surface area (Å²) >= 11 is 17.7. The van der Waals surface area contributed by atoms with Crippen LogP contribution in [0, 0.1) is 0 Å². The predicted octanol–water partition coefficient (Wildman–Crippen LogP) is 4.12. The number of benzene rings is 2. The van der Waals surface area contributed by atoms with Crippen LogP contribution in [0.25, 0.3) is 0 Å². The normalized spacial score (nSPS) is 10.2. The Kier molecular flexibility index (Phi) is 6.28. The van der Waals surface area contributed by atoms with Gasteiger partial charge in [0, 0.05) is 26.2 Å². The van der Waals surface area contributed by atoms with Gasteiger partial charge in [0.2, 0.25) is 0 Å². The number of nitrogens with one attached hydrogen (secondary N) is 1. The molecule has 0 spiro atoms. The van der Waals surface area contributed by atoms with Crippen molar-refractivity contribution in [2.24, 2.45) is 0 Å². The molecule has 23 heavy (non-hydrogen) atoms. The maximum absolute atomic E-state index is 11.8. The fourth-order valence-electron chi connectivity index (χ4n) is 1.73. The van der Waals surface area contributed by atoms with Crippen molar-refractivity contribution >= 4 is 46.7 Å². The van der Waals surface area contributed by atoms with E-state index in [2.05, 4.69) is 5.32 Å². The van der Waals surface area contributed by atoms with Crippen LogP contribution in [0.15, 0.2) is 42.5 Å². The maximum Gasteiger partial charge on any atom is 0.325 e. The van der Waals surface area contributed by atoms with Crippen LogP contribution in [0.4, 0.5) is 0 Å². The van der Waals surface area contributed by atoms with E-state index in [0.29, 0.717) is 26.2 Å². The second-order valence-corrected chi connectivity index (χ2v) is 5.80. The zero-order valence-electron chi connectivity index (χ0n) is 11.8. The standard InChI is InChI=1S/C16H12Cl3NO3/c17-11-6-4-10(5-7-11)16(22)20-8-15(21)23-9-12-13(18)2-1-3-14(12)19/h1-7H,8-9H2,(H,20,22). The quantitative estimate of drug-likeness (QED) is 0.803. The molecular weight excluding hydrogens is 361 g/mol. The number of rotatable bonds is 5. The summed E-state index contributed by atoms with van der Waals surface area (Å²) in [7, 11) is 0. The van der Waals surface area contributed by atoms with Gasteiger partial charge >= 0.3 is 5.97 Å². The Balaban J connectivity index is 1.83. The van der Waals surface area contributed by atoms with Crippen molar-refractivity contribution in [2.45, 2.75) is 6.61 Å². The first kappa shape index (κ1) is 17.6. The topological polar surface area (TPSA) is 55.4 Å². The van der Waals surface area contributed by atoms with E-state index >= 15 is 0 Å². The monoisotopic (exact) mass is 371 g/mol. The molecule has 0 unspecified atom stereocenters. The summed E-state index contributed by atoms with van der Waals surface area (Å²) in [6.45, 7) is -0.322. The minimum atomic E-state index is -0.594. The van der Waals surface area contributed by atoms with E-state index in [4.69, 9.17) is 39.5 Å². The van der Waals surface area contributed by atoms with Crippen LogP contribution < -0.4 is 5.32 Å². The summed E-state index contributed by atoms with van der Waals surface area (Å²) in [5.74, 6) is -0.988. The van der Waals surface area contributed by atoms with E-state index in [0.717, 1.165) is 0 Å². The van der Waals surface area contributed by atoms with Gasteiger partial charge in [0.1, 0.15) is 13.2 Å². The first-order chi connectivity index (χ1) is 11.0. The minimum Gasteiger partial charge on any atom is -0.459 e. The highest BCUT2D eigenvalue weighted by Gasteiger charge is 2.11. The SMILES string of the molecule is O=C(CNC(=O)c1ccc(Cl)cc1)OCc1c(Cl)cccc1Cl. The van der Waals surface area contributed by atoms with Crippen molar-refractivity contribution in [1.82, 2.24) is 5.32 Å². The van der Waals surface area contributed by atoms with Gasteiger partial charge in [-0.1, -0.05) is 40.9 Å². The highest BCUT2D eigenvalue weighted by atomic mass is 35.5. The molecule has 2 rings (SSSR count). The summed E-state index contributed by atoms with van der Waals surface area (Å²) in [6, 6.07) is 11.3. The van der Waals surface area contributed by atoms with E-state index in [1.807, 2.05) is 0 Å². The average molecular weight is 373 g/mol. The van der Waals surface area contributed by atoms with E-state index in [9.17, 15) is 9.59 Å². The second-order valence-electron chi connectivity index (χ2n) is 4.55. The molecule has 0 saturated carbocycles. The molecule has 0 bridgehead atoms. The molecule has 0 fully saturated rings. The van der Waals surface area contributed by atoms with Crippen LogP contribution in [0.1, 0.15) is 15.9 Å². The summed E-state index contributed by atoms with van der Waals surface area (Å²) in [5.41, 5.74) is 0.921. The number of esters is 1. The molecule has 1 amide bonds. The molecule has 0 radical (unpaired) electrons. The lowest BCUT2D eigenvalue weighted by molar-refractivity contribution is -0.143. The third kappa shape index (κ3) is 5.13. The number of carbonyl (C=O) groups excluding carboxylic acids is 2. The molecule has 7 heteroatoms. The van der Waals surface area contributed by atoms with Gasteiger partial charge in [-0.25, -0.2) is 0 Å². The first-order valence-corrected chi connectivity index (χ1v) is 7.73. The summed E-state index contributed by atoms with van der Waals surface area (Å²) in [5, 5.41) is 3.81. The lowest BCUT2D eigenvalue weighted by atomic mass is 10.2. The molecular formula is C16H12Cl3NO3. The summed E-state index contributed by atoms with van der Waals surface area (Å²) < 4.78 is 5.05. The number of halogens is 3. The highest BCUT2D eigenvalue weighted by Crippen LogP contribution is 2.24. The third-order valence-electron chi connectivity index (χ3n) is 2.94. The molecule has 2 aromatic rings. The smallest absolute Gasteiger partial charge is 0.325 e. The van der Waals surface area contributed by atoms with Crippen molar-refractivity contribution in [2.75, 3.05) is 6.54 Å². The molecule has 0 saturated heterocycles. The number of carbonyl (C=O) groups is 2. The Morgan fingerprint density at radius 1 is 0.957 bits per heavy atom. The van der Waals surface area contributed by atoms with Crippen LogP contribution >= 0.6 is 34.8 Å². The van der Waals surface area contributed by atoms with Gasteiger partial charge < -0.3 is 10.1 Å². The van der Waals surface area contributed by atoms with Gasteiger partial charge in [0.15, 0.2) is 0 Å². The summed E-state index contributed by atoms with van der Waals surface area (Å²) in [6.07, 6.45) is 0. The Morgan fingerprint density at radius 2 is 1.57 bits per heavy atom. The maximum atomic E-state index is 11.8. The van der Waals surface area contributed by atoms with Crippen molar-refractivity contribution in [3.8, 4) is 0 Å². The van der Waals surface area contributed by atoms with E-state index in [1.165, 1.54) is 0 Å². The van der Waals surface area contributed by atoms with Gasteiger partial charge in [-0.15, -0.1) is 0 Å². The summed E-state index contributed by atoms with van der Waals surface area (Å²) in [4.78, 5) is 23.5. The molecule has 0 aliphatic rings. The lowest BCUT2D eigenvalue weighted by Gasteiger charge is -2.09.